The van der Waals surface area contributed by atoms with Crippen LogP contribution in [0, 0.1) is 5.82 Å². The fraction of sp³-hybridized carbons (Fsp3) is 0.312. The van der Waals surface area contributed by atoms with Gasteiger partial charge in [-0.05, 0) is 24.6 Å². The Hall–Kier alpha value is -2.14. The smallest absolute Gasteiger partial charge is 0.223 e. The lowest BCUT2D eigenvalue weighted by atomic mass is 10.1. The third kappa shape index (κ3) is 2.69. The molecule has 1 aliphatic rings. The Kier molecular flexibility index (Phi) is 3.51. The maximum Gasteiger partial charge on any atom is 0.223 e. The molecule has 1 N–H and O–H groups in total. The second-order valence-electron chi connectivity index (χ2n) is 5.41. The number of fused-ring (bicyclic) bond motifs is 1. The molecule has 1 atom stereocenters. The van der Waals surface area contributed by atoms with Gasteiger partial charge >= 0.3 is 0 Å². The SMILES string of the molecule is CC(c1ccc(F)cc1)N1CCn2cc(O)c(=O)cc2C1. The number of hydrogen-bond acceptors (Lipinski definition) is 3. The maximum atomic E-state index is 13.0. The van der Waals surface area contributed by atoms with E-state index in [4.69, 9.17) is 0 Å². The molecule has 21 heavy (non-hydrogen) atoms. The fourth-order valence-electron chi connectivity index (χ4n) is 2.75. The van der Waals surface area contributed by atoms with Crippen LogP contribution in [0.4, 0.5) is 4.39 Å². The predicted molar refractivity (Wildman–Crippen MR) is 77.6 cm³/mol. The second-order valence-corrected chi connectivity index (χ2v) is 5.41. The molecule has 2 heterocycles. The standard InChI is InChI=1S/C16H17FN2O2/c1-11(12-2-4-13(17)5-3-12)18-6-7-19-10-16(21)15(20)8-14(19)9-18/h2-5,8,10-11,21H,6-7,9H2,1H3. The Balaban J connectivity index is 1.84. The summed E-state index contributed by atoms with van der Waals surface area (Å²) in [7, 11) is 0. The number of benzene rings is 1. The summed E-state index contributed by atoms with van der Waals surface area (Å²) < 4.78 is 14.9. The zero-order valence-electron chi connectivity index (χ0n) is 11.8. The lowest BCUT2D eigenvalue weighted by molar-refractivity contribution is 0.164. The second kappa shape index (κ2) is 5.33. The van der Waals surface area contributed by atoms with Crippen LogP contribution in [0.15, 0.2) is 41.3 Å². The van der Waals surface area contributed by atoms with Gasteiger partial charge in [-0.3, -0.25) is 9.69 Å². The number of pyridine rings is 1. The quantitative estimate of drug-likeness (QED) is 0.922. The molecule has 2 aromatic rings. The highest BCUT2D eigenvalue weighted by atomic mass is 19.1. The van der Waals surface area contributed by atoms with Gasteiger partial charge in [0.25, 0.3) is 0 Å². The van der Waals surface area contributed by atoms with Crippen LogP contribution in [0.5, 0.6) is 5.75 Å². The summed E-state index contributed by atoms with van der Waals surface area (Å²) in [6, 6.07) is 8.14. The van der Waals surface area contributed by atoms with Crippen LogP contribution >= 0.6 is 0 Å². The van der Waals surface area contributed by atoms with E-state index < -0.39 is 0 Å². The van der Waals surface area contributed by atoms with Crippen molar-refractivity contribution in [3.05, 3.63) is 63.8 Å². The molecule has 0 saturated heterocycles. The van der Waals surface area contributed by atoms with Crippen molar-refractivity contribution < 1.29 is 9.50 Å². The first-order valence-electron chi connectivity index (χ1n) is 6.96. The van der Waals surface area contributed by atoms with Gasteiger partial charge in [-0.15, -0.1) is 0 Å². The molecule has 0 aliphatic carbocycles. The van der Waals surface area contributed by atoms with Crippen molar-refractivity contribution in [1.82, 2.24) is 9.47 Å². The molecule has 0 radical (unpaired) electrons. The van der Waals surface area contributed by atoms with Crippen molar-refractivity contribution >= 4 is 0 Å². The summed E-state index contributed by atoms with van der Waals surface area (Å²) in [5.41, 5.74) is 1.58. The number of rotatable bonds is 2. The zero-order chi connectivity index (χ0) is 15.0. The molecular weight excluding hydrogens is 271 g/mol. The first kappa shape index (κ1) is 13.8. The van der Waals surface area contributed by atoms with Gasteiger partial charge in [-0.1, -0.05) is 12.1 Å². The molecule has 0 fully saturated rings. The van der Waals surface area contributed by atoms with Gasteiger partial charge in [0.2, 0.25) is 5.43 Å². The van der Waals surface area contributed by atoms with Crippen molar-refractivity contribution in [3.63, 3.8) is 0 Å². The van der Waals surface area contributed by atoms with Gasteiger partial charge in [0, 0.05) is 37.4 Å². The molecular formula is C16H17FN2O2. The minimum absolute atomic E-state index is 0.142. The van der Waals surface area contributed by atoms with Gasteiger partial charge in [0.1, 0.15) is 5.82 Å². The van der Waals surface area contributed by atoms with Crippen molar-refractivity contribution in [3.8, 4) is 5.75 Å². The summed E-state index contributed by atoms with van der Waals surface area (Å²) in [5, 5.41) is 9.47. The van der Waals surface area contributed by atoms with Crippen LogP contribution in [0.25, 0.3) is 0 Å². The monoisotopic (exact) mass is 288 g/mol. The average molecular weight is 288 g/mol. The normalized spacial score (nSPS) is 16.5. The van der Waals surface area contributed by atoms with Gasteiger partial charge in [0.15, 0.2) is 5.75 Å². The highest BCUT2D eigenvalue weighted by Gasteiger charge is 2.22. The largest absolute Gasteiger partial charge is 0.503 e. The first-order chi connectivity index (χ1) is 10.0. The number of nitrogens with zero attached hydrogens (tertiary/aromatic N) is 2. The maximum absolute atomic E-state index is 13.0. The zero-order valence-corrected chi connectivity index (χ0v) is 11.8. The van der Waals surface area contributed by atoms with E-state index in [1.807, 2.05) is 4.57 Å². The molecule has 1 aromatic heterocycles. The molecule has 3 rings (SSSR count). The topological polar surface area (TPSA) is 45.5 Å². The van der Waals surface area contributed by atoms with Crippen molar-refractivity contribution in [2.75, 3.05) is 6.54 Å². The van der Waals surface area contributed by atoms with Crippen molar-refractivity contribution in [2.24, 2.45) is 0 Å². The van der Waals surface area contributed by atoms with E-state index in [0.717, 1.165) is 17.8 Å². The highest BCUT2D eigenvalue weighted by Crippen LogP contribution is 2.25. The fourth-order valence-corrected chi connectivity index (χ4v) is 2.75. The van der Waals surface area contributed by atoms with E-state index in [-0.39, 0.29) is 23.0 Å². The number of halogens is 1. The Morgan fingerprint density at radius 3 is 2.67 bits per heavy atom. The summed E-state index contributed by atoms with van der Waals surface area (Å²) in [4.78, 5) is 13.8. The van der Waals surface area contributed by atoms with E-state index in [2.05, 4.69) is 11.8 Å². The van der Waals surface area contributed by atoms with Gasteiger partial charge in [0.05, 0.1) is 6.20 Å². The number of aromatic hydroxyl groups is 1. The van der Waals surface area contributed by atoms with E-state index in [1.165, 1.54) is 24.4 Å². The lowest BCUT2D eigenvalue weighted by Gasteiger charge is -2.34. The van der Waals surface area contributed by atoms with E-state index in [1.54, 1.807) is 12.1 Å². The molecule has 110 valence electrons. The third-order valence-electron chi connectivity index (χ3n) is 4.09. The molecule has 1 aromatic carbocycles. The van der Waals surface area contributed by atoms with Crippen LogP contribution in [0.3, 0.4) is 0 Å². The minimum Gasteiger partial charge on any atom is -0.503 e. The number of hydrogen-bond donors (Lipinski definition) is 1. The molecule has 0 saturated carbocycles. The first-order valence-corrected chi connectivity index (χ1v) is 6.96. The van der Waals surface area contributed by atoms with Gasteiger partial charge in [-0.2, -0.15) is 0 Å². The number of aromatic nitrogens is 1. The molecule has 0 spiro atoms. The van der Waals surface area contributed by atoms with Crippen LogP contribution in [-0.4, -0.2) is 21.1 Å². The van der Waals surface area contributed by atoms with Crippen molar-refractivity contribution in [2.45, 2.75) is 26.1 Å². The Labute approximate surface area is 122 Å². The average Bonchev–Trinajstić information content (AvgIpc) is 2.48. The highest BCUT2D eigenvalue weighted by molar-refractivity contribution is 5.23. The van der Waals surface area contributed by atoms with Crippen LogP contribution in [0.2, 0.25) is 0 Å². The molecule has 1 unspecified atom stereocenters. The molecule has 1 aliphatic heterocycles. The minimum atomic E-state index is -0.350. The van der Waals surface area contributed by atoms with E-state index in [0.29, 0.717) is 13.1 Å². The molecule has 4 nitrogen and oxygen atoms in total. The molecule has 0 bridgehead atoms. The van der Waals surface area contributed by atoms with Crippen LogP contribution < -0.4 is 5.43 Å². The summed E-state index contributed by atoms with van der Waals surface area (Å²) >= 11 is 0. The van der Waals surface area contributed by atoms with Crippen molar-refractivity contribution in [1.29, 1.82) is 0 Å². The van der Waals surface area contributed by atoms with E-state index >= 15 is 0 Å². The summed E-state index contributed by atoms with van der Waals surface area (Å²) in [5.74, 6) is -0.448. The predicted octanol–water partition coefficient (Wildman–Crippen LogP) is 2.27. The summed E-state index contributed by atoms with van der Waals surface area (Å²) in [6.07, 6.45) is 1.50. The van der Waals surface area contributed by atoms with Crippen LogP contribution in [-0.2, 0) is 13.1 Å². The van der Waals surface area contributed by atoms with Gasteiger partial charge in [-0.25, -0.2) is 4.39 Å². The Morgan fingerprint density at radius 2 is 1.95 bits per heavy atom. The Bertz CT molecular complexity index is 709. The molecule has 5 heteroatoms. The van der Waals surface area contributed by atoms with Gasteiger partial charge < -0.3 is 9.67 Å². The third-order valence-corrected chi connectivity index (χ3v) is 4.09. The summed E-state index contributed by atoms with van der Waals surface area (Å²) in [6.45, 7) is 4.23. The lowest BCUT2D eigenvalue weighted by Crippen LogP contribution is -2.36. The van der Waals surface area contributed by atoms with Crippen LogP contribution in [0.1, 0.15) is 24.2 Å². The van der Waals surface area contributed by atoms with E-state index in [9.17, 15) is 14.3 Å². The molecule has 0 amide bonds. The Morgan fingerprint density at radius 1 is 1.24 bits per heavy atom.